The van der Waals surface area contributed by atoms with Crippen LogP contribution in [-0.2, 0) is 16.6 Å². The van der Waals surface area contributed by atoms with E-state index in [-0.39, 0.29) is 36.3 Å². The quantitative estimate of drug-likeness (QED) is 0.515. The molecule has 1 aromatic carbocycles. The zero-order valence-electron chi connectivity index (χ0n) is 19.5. The Kier molecular flexibility index (Phi) is 7.71. The first-order valence-electron chi connectivity index (χ1n) is 11.3. The molecule has 36 heavy (non-hydrogen) atoms. The van der Waals surface area contributed by atoms with Gasteiger partial charge in [-0.3, -0.25) is 14.5 Å². The van der Waals surface area contributed by atoms with E-state index in [1.807, 2.05) is 4.90 Å². The molecule has 4 rings (SSSR count). The van der Waals surface area contributed by atoms with Gasteiger partial charge in [0.1, 0.15) is 10.6 Å². The number of anilines is 4. The van der Waals surface area contributed by atoms with Gasteiger partial charge in [0.15, 0.2) is 5.82 Å². The van der Waals surface area contributed by atoms with E-state index in [0.29, 0.717) is 36.5 Å². The number of carbonyl (C=O) groups is 1. The van der Waals surface area contributed by atoms with Crippen molar-refractivity contribution in [1.29, 1.82) is 0 Å². The van der Waals surface area contributed by atoms with Crippen molar-refractivity contribution in [3.63, 3.8) is 0 Å². The number of ether oxygens (including phenoxy) is 1. The van der Waals surface area contributed by atoms with Gasteiger partial charge in [-0.2, -0.15) is 13.2 Å². The van der Waals surface area contributed by atoms with Gasteiger partial charge in [0, 0.05) is 51.2 Å². The van der Waals surface area contributed by atoms with Crippen LogP contribution in [0.2, 0.25) is 0 Å². The molecule has 0 aliphatic carbocycles. The number of hydrogen-bond acceptors (Lipinski definition) is 7. The van der Waals surface area contributed by atoms with Crippen LogP contribution in [0.4, 0.5) is 36.1 Å². The summed E-state index contributed by atoms with van der Waals surface area (Å²) < 4.78 is 49.8. The summed E-state index contributed by atoms with van der Waals surface area (Å²) in [6.45, 7) is 4.73. The Morgan fingerprint density at radius 3 is 2.78 bits per heavy atom. The predicted octanol–water partition coefficient (Wildman–Crippen LogP) is 3.25. The number of hydrogen-bond donors (Lipinski definition) is 2. The molecule has 1 amide bonds. The minimum absolute atomic E-state index is 0.0150. The van der Waals surface area contributed by atoms with E-state index in [1.54, 1.807) is 13.1 Å². The van der Waals surface area contributed by atoms with E-state index in [4.69, 9.17) is 4.74 Å². The molecule has 2 aromatic rings. The van der Waals surface area contributed by atoms with E-state index < -0.39 is 23.7 Å². The van der Waals surface area contributed by atoms with Crippen LogP contribution < -0.4 is 21.1 Å². The average Bonchev–Trinajstić information content (AvgIpc) is 3.36. The first-order chi connectivity index (χ1) is 17.1. The van der Waals surface area contributed by atoms with Crippen molar-refractivity contribution in [3.8, 4) is 0 Å². The molecule has 2 saturated heterocycles. The van der Waals surface area contributed by atoms with Crippen molar-refractivity contribution in [2.24, 2.45) is 7.05 Å². The van der Waals surface area contributed by atoms with E-state index >= 15 is 0 Å². The lowest BCUT2D eigenvalue weighted by molar-refractivity contribution is -0.158. The van der Waals surface area contributed by atoms with Crippen LogP contribution in [0.3, 0.4) is 0 Å². The third kappa shape index (κ3) is 5.73. The second kappa shape index (κ2) is 10.6. The molecule has 3 heterocycles. The van der Waals surface area contributed by atoms with Gasteiger partial charge in [0.2, 0.25) is 5.91 Å². The minimum Gasteiger partial charge on any atom is -0.380 e. The Hall–Kier alpha value is -2.90. The summed E-state index contributed by atoms with van der Waals surface area (Å²) >= 11 is 3.23. The second-order valence-electron chi connectivity index (χ2n) is 8.64. The molecule has 2 aliphatic heterocycles. The standard InChI is InChI=1S/C23H26BrF3N6O3/c1-3-20(34)29-16-10-14(28-21-22(35)31(2)12-19(24)30-21)4-5-17(16)33-8-7-32(15-6-9-36-13-15)11-18(33)23(25,26)27/h3-5,10,12,15,18H,1,6-9,11,13H2,2H3,(H,28,30)(H,29,34). The molecule has 2 aliphatic rings. The topological polar surface area (TPSA) is 91.7 Å². The summed E-state index contributed by atoms with van der Waals surface area (Å²) in [5, 5.41) is 5.49. The van der Waals surface area contributed by atoms with Crippen LogP contribution in [0, 0.1) is 0 Å². The Morgan fingerprint density at radius 1 is 1.33 bits per heavy atom. The lowest BCUT2D eigenvalue weighted by Crippen LogP contribution is -2.61. The monoisotopic (exact) mass is 570 g/mol. The first kappa shape index (κ1) is 26.2. The van der Waals surface area contributed by atoms with Gasteiger partial charge in [0.25, 0.3) is 5.56 Å². The molecule has 0 radical (unpaired) electrons. The Labute approximate surface area is 214 Å². The third-order valence-corrected chi connectivity index (χ3v) is 6.65. The van der Waals surface area contributed by atoms with E-state index in [0.717, 1.165) is 6.08 Å². The van der Waals surface area contributed by atoms with Gasteiger partial charge in [-0.25, -0.2) is 4.98 Å². The van der Waals surface area contributed by atoms with Gasteiger partial charge in [-0.05, 0) is 46.6 Å². The van der Waals surface area contributed by atoms with Crippen LogP contribution >= 0.6 is 15.9 Å². The number of piperazine rings is 1. The maximum absolute atomic E-state index is 14.2. The van der Waals surface area contributed by atoms with E-state index in [1.165, 1.54) is 27.8 Å². The van der Waals surface area contributed by atoms with Crippen LogP contribution in [0.5, 0.6) is 0 Å². The molecule has 2 atom stereocenters. The van der Waals surface area contributed by atoms with Crippen molar-refractivity contribution in [1.82, 2.24) is 14.5 Å². The van der Waals surface area contributed by atoms with Gasteiger partial charge in [-0.1, -0.05) is 6.58 Å². The zero-order chi connectivity index (χ0) is 26.0. The number of nitrogens with one attached hydrogen (secondary N) is 2. The molecule has 0 bridgehead atoms. The fraction of sp³-hybridized carbons (Fsp3) is 0.435. The largest absolute Gasteiger partial charge is 0.409 e. The molecule has 13 heteroatoms. The Morgan fingerprint density at radius 2 is 2.11 bits per heavy atom. The summed E-state index contributed by atoms with van der Waals surface area (Å²) in [5.74, 6) is -0.559. The maximum atomic E-state index is 14.2. The van der Waals surface area contributed by atoms with Crippen LogP contribution in [0.1, 0.15) is 6.42 Å². The van der Waals surface area contributed by atoms with Gasteiger partial charge >= 0.3 is 6.18 Å². The lowest BCUT2D eigenvalue weighted by Gasteiger charge is -2.45. The second-order valence-corrected chi connectivity index (χ2v) is 9.45. The number of aromatic nitrogens is 2. The zero-order valence-corrected chi connectivity index (χ0v) is 21.1. The van der Waals surface area contributed by atoms with Crippen molar-refractivity contribution >= 4 is 44.7 Å². The molecule has 1 aromatic heterocycles. The SMILES string of the molecule is C=CC(=O)Nc1cc(Nc2nc(Br)cn(C)c2=O)ccc1N1CCN(C2CCOC2)CC1C(F)(F)F. The lowest BCUT2D eigenvalue weighted by atomic mass is 10.1. The maximum Gasteiger partial charge on any atom is 0.409 e. The summed E-state index contributed by atoms with van der Waals surface area (Å²) in [6, 6.07) is 2.71. The highest BCUT2D eigenvalue weighted by molar-refractivity contribution is 9.10. The number of aryl methyl sites for hydroxylation is 1. The molecule has 9 nitrogen and oxygen atoms in total. The summed E-state index contributed by atoms with van der Waals surface area (Å²) in [5.41, 5.74) is 0.341. The smallest absolute Gasteiger partial charge is 0.380 e. The average molecular weight is 571 g/mol. The highest BCUT2D eigenvalue weighted by Crippen LogP contribution is 2.38. The van der Waals surface area contributed by atoms with Crippen LogP contribution in [0.25, 0.3) is 0 Å². The normalized spacial score (nSPS) is 20.9. The third-order valence-electron chi connectivity index (χ3n) is 6.27. The van der Waals surface area contributed by atoms with Crippen molar-refractivity contribution in [2.75, 3.05) is 48.4 Å². The number of halogens is 4. The molecular formula is C23H26BrF3N6O3. The molecule has 2 unspecified atom stereocenters. The number of alkyl halides is 3. The highest BCUT2D eigenvalue weighted by atomic mass is 79.9. The Bertz CT molecular complexity index is 1200. The van der Waals surface area contributed by atoms with Crippen molar-refractivity contribution < 1.29 is 22.7 Å². The molecule has 194 valence electrons. The van der Waals surface area contributed by atoms with Crippen molar-refractivity contribution in [3.05, 3.63) is 52.0 Å². The molecule has 0 saturated carbocycles. The predicted molar refractivity (Wildman–Crippen MR) is 134 cm³/mol. The number of benzene rings is 1. The van der Waals surface area contributed by atoms with Gasteiger partial charge < -0.3 is 24.8 Å². The molecule has 2 N–H and O–H groups in total. The highest BCUT2D eigenvalue weighted by Gasteiger charge is 2.48. The van der Waals surface area contributed by atoms with Gasteiger partial charge in [-0.15, -0.1) is 0 Å². The number of carbonyl (C=O) groups excluding carboxylic acids is 1. The van der Waals surface area contributed by atoms with Crippen LogP contribution in [-0.4, -0.2) is 71.5 Å². The summed E-state index contributed by atoms with van der Waals surface area (Å²) in [4.78, 5) is 31.8. The fourth-order valence-electron chi connectivity index (χ4n) is 4.45. The van der Waals surface area contributed by atoms with Crippen molar-refractivity contribution in [2.45, 2.75) is 24.7 Å². The van der Waals surface area contributed by atoms with E-state index in [9.17, 15) is 22.8 Å². The summed E-state index contributed by atoms with van der Waals surface area (Å²) in [7, 11) is 1.56. The minimum atomic E-state index is -4.50. The number of nitrogens with zero attached hydrogens (tertiary/aromatic N) is 4. The fourth-order valence-corrected chi connectivity index (χ4v) is 4.93. The van der Waals surface area contributed by atoms with Crippen LogP contribution in [0.15, 0.2) is 46.4 Å². The molecule has 0 spiro atoms. The molecule has 2 fully saturated rings. The molecular weight excluding hydrogens is 545 g/mol. The number of rotatable bonds is 6. The number of amides is 1. The van der Waals surface area contributed by atoms with Gasteiger partial charge in [0.05, 0.1) is 18.0 Å². The van der Waals surface area contributed by atoms with E-state index in [2.05, 4.69) is 38.1 Å². The Balaban J connectivity index is 1.68. The first-order valence-corrected chi connectivity index (χ1v) is 12.1. The summed E-state index contributed by atoms with van der Waals surface area (Å²) in [6.07, 6.45) is -1.26.